The van der Waals surface area contributed by atoms with E-state index in [1.807, 2.05) is 60.0 Å². The molecular weight excluding hydrogens is 236 g/mol. The molecule has 0 bridgehead atoms. The minimum atomic E-state index is 0.774. The van der Waals surface area contributed by atoms with Gasteiger partial charge in [0.1, 0.15) is 5.65 Å². The highest BCUT2D eigenvalue weighted by atomic mass is 15.2. The lowest BCUT2D eigenvalue weighted by Crippen LogP contribution is -1.80. The number of imidazole rings is 1. The normalized spacial score (nSPS) is 11.5. The van der Waals surface area contributed by atoms with Crippen LogP contribution in [0.25, 0.3) is 5.65 Å². The molecule has 0 aliphatic heterocycles. The van der Waals surface area contributed by atoms with Crippen LogP contribution in [0, 0.1) is 13.8 Å². The third kappa shape index (κ3) is 2.25. The van der Waals surface area contributed by atoms with Crippen molar-refractivity contribution in [3.8, 4) is 0 Å². The van der Waals surface area contributed by atoms with Gasteiger partial charge in [-0.05, 0) is 38.1 Å². The van der Waals surface area contributed by atoms with Gasteiger partial charge < -0.3 is 0 Å². The summed E-state index contributed by atoms with van der Waals surface area (Å²) in [4.78, 5) is 4.45. The molecule has 0 aliphatic rings. The first-order valence-corrected chi connectivity index (χ1v) is 6.16. The summed E-state index contributed by atoms with van der Waals surface area (Å²) in [7, 11) is 0. The summed E-state index contributed by atoms with van der Waals surface area (Å²) in [5.74, 6) is 0.774. The quantitative estimate of drug-likeness (QED) is 0.623. The van der Waals surface area contributed by atoms with Gasteiger partial charge in [0, 0.05) is 6.20 Å². The summed E-state index contributed by atoms with van der Waals surface area (Å²) in [5, 5.41) is 8.58. The molecule has 2 aromatic heterocycles. The maximum Gasteiger partial charge on any atom is 0.182 e. The van der Waals surface area contributed by atoms with Crippen molar-refractivity contribution in [1.82, 2.24) is 9.38 Å². The van der Waals surface area contributed by atoms with Crippen molar-refractivity contribution >= 4 is 17.2 Å². The van der Waals surface area contributed by atoms with Gasteiger partial charge in [0.05, 0.1) is 11.4 Å². The van der Waals surface area contributed by atoms with E-state index in [2.05, 4.69) is 22.1 Å². The van der Waals surface area contributed by atoms with Crippen LogP contribution in [0.2, 0.25) is 0 Å². The molecular formula is C15H14N4. The highest BCUT2D eigenvalue weighted by Crippen LogP contribution is 2.23. The molecule has 94 valence electrons. The Bertz CT molecular complexity index is 738. The SMILES string of the molecule is Cc1ccc(N=Nc2c(C)nc3ccccn23)cc1. The lowest BCUT2D eigenvalue weighted by atomic mass is 10.2. The Kier molecular flexibility index (Phi) is 2.83. The van der Waals surface area contributed by atoms with Gasteiger partial charge in [0.15, 0.2) is 5.82 Å². The summed E-state index contributed by atoms with van der Waals surface area (Å²) in [6.45, 7) is 3.99. The fourth-order valence-electron chi connectivity index (χ4n) is 1.94. The standard InChI is InChI=1S/C15H14N4/c1-11-6-8-13(9-7-11)17-18-15-12(2)16-14-5-3-4-10-19(14)15/h3-10H,1-2H3. The molecule has 0 radical (unpaired) electrons. The van der Waals surface area contributed by atoms with Gasteiger partial charge in [-0.3, -0.25) is 4.40 Å². The van der Waals surface area contributed by atoms with E-state index in [-0.39, 0.29) is 0 Å². The highest BCUT2D eigenvalue weighted by Gasteiger charge is 2.06. The minimum Gasteiger partial charge on any atom is -0.283 e. The maximum atomic E-state index is 4.45. The van der Waals surface area contributed by atoms with Crippen molar-refractivity contribution in [2.75, 3.05) is 0 Å². The van der Waals surface area contributed by atoms with Crippen molar-refractivity contribution < 1.29 is 0 Å². The molecule has 0 saturated carbocycles. The molecule has 4 nitrogen and oxygen atoms in total. The summed E-state index contributed by atoms with van der Waals surface area (Å²) in [6.07, 6.45) is 1.94. The molecule has 2 heterocycles. The number of azo groups is 1. The van der Waals surface area contributed by atoms with Gasteiger partial charge in [-0.15, -0.1) is 10.2 Å². The van der Waals surface area contributed by atoms with Crippen molar-refractivity contribution in [3.63, 3.8) is 0 Å². The van der Waals surface area contributed by atoms with Crippen molar-refractivity contribution in [2.45, 2.75) is 13.8 Å². The molecule has 0 aliphatic carbocycles. The molecule has 1 aromatic carbocycles. The van der Waals surface area contributed by atoms with E-state index in [4.69, 9.17) is 0 Å². The molecule has 0 unspecified atom stereocenters. The van der Waals surface area contributed by atoms with E-state index in [0.717, 1.165) is 22.8 Å². The first-order chi connectivity index (χ1) is 9.24. The van der Waals surface area contributed by atoms with Gasteiger partial charge in [0.2, 0.25) is 0 Å². The van der Waals surface area contributed by atoms with E-state index < -0.39 is 0 Å². The zero-order valence-corrected chi connectivity index (χ0v) is 10.9. The number of fused-ring (bicyclic) bond motifs is 1. The molecule has 19 heavy (non-hydrogen) atoms. The fraction of sp³-hybridized carbons (Fsp3) is 0.133. The van der Waals surface area contributed by atoms with Gasteiger partial charge in [0.25, 0.3) is 0 Å². The van der Waals surface area contributed by atoms with E-state index in [9.17, 15) is 0 Å². The predicted octanol–water partition coefficient (Wildman–Crippen LogP) is 4.37. The van der Waals surface area contributed by atoms with E-state index in [1.165, 1.54) is 5.56 Å². The largest absolute Gasteiger partial charge is 0.283 e. The summed E-state index contributed by atoms with van der Waals surface area (Å²) >= 11 is 0. The first-order valence-electron chi connectivity index (χ1n) is 6.16. The number of nitrogens with zero attached hydrogens (tertiary/aromatic N) is 4. The molecule has 4 heteroatoms. The second kappa shape index (κ2) is 4.65. The average molecular weight is 250 g/mol. The second-order valence-electron chi connectivity index (χ2n) is 4.49. The molecule has 3 rings (SSSR count). The van der Waals surface area contributed by atoms with Crippen LogP contribution in [0.5, 0.6) is 0 Å². The molecule has 0 amide bonds. The Hall–Kier alpha value is -2.49. The Balaban J connectivity index is 2.01. The number of pyridine rings is 1. The topological polar surface area (TPSA) is 42.0 Å². The molecule has 0 spiro atoms. The van der Waals surface area contributed by atoms with Crippen molar-refractivity contribution in [1.29, 1.82) is 0 Å². The van der Waals surface area contributed by atoms with Crippen LogP contribution in [-0.2, 0) is 0 Å². The Morgan fingerprint density at radius 2 is 1.74 bits per heavy atom. The van der Waals surface area contributed by atoms with Crippen LogP contribution >= 0.6 is 0 Å². The number of rotatable bonds is 2. The number of benzene rings is 1. The van der Waals surface area contributed by atoms with Gasteiger partial charge >= 0.3 is 0 Å². The number of hydrogen-bond donors (Lipinski definition) is 0. The van der Waals surface area contributed by atoms with Crippen molar-refractivity contribution in [2.24, 2.45) is 10.2 Å². The lowest BCUT2D eigenvalue weighted by Gasteiger charge is -1.96. The van der Waals surface area contributed by atoms with Gasteiger partial charge in [-0.1, -0.05) is 23.8 Å². The molecule has 0 atom stereocenters. The third-order valence-electron chi connectivity index (χ3n) is 2.97. The van der Waals surface area contributed by atoms with Crippen LogP contribution < -0.4 is 0 Å². The van der Waals surface area contributed by atoms with Gasteiger partial charge in [-0.2, -0.15) is 0 Å². The van der Waals surface area contributed by atoms with Crippen molar-refractivity contribution in [3.05, 3.63) is 59.9 Å². The highest BCUT2D eigenvalue weighted by molar-refractivity contribution is 5.51. The monoisotopic (exact) mass is 250 g/mol. The Morgan fingerprint density at radius 3 is 2.53 bits per heavy atom. The Labute approximate surface area is 111 Å². The van der Waals surface area contributed by atoms with Crippen LogP contribution in [-0.4, -0.2) is 9.38 Å². The molecule has 0 N–H and O–H groups in total. The lowest BCUT2D eigenvalue weighted by molar-refractivity contribution is 1.09. The van der Waals surface area contributed by atoms with Crippen LogP contribution in [0.3, 0.4) is 0 Å². The van der Waals surface area contributed by atoms with Gasteiger partial charge in [-0.25, -0.2) is 4.98 Å². The Morgan fingerprint density at radius 1 is 0.947 bits per heavy atom. The number of aromatic nitrogens is 2. The maximum absolute atomic E-state index is 4.45. The minimum absolute atomic E-state index is 0.774. The van der Waals surface area contributed by atoms with E-state index in [0.29, 0.717) is 0 Å². The number of hydrogen-bond acceptors (Lipinski definition) is 3. The second-order valence-corrected chi connectivity index (χ2v) is 4.49. The average Bonchev–Trinajstić information content (AvgIpc) is 2.74. The van der Waals surface area contributed by atoms with Crippen LogP contribution in [0.4, 0.5) is 11.5 Å². The summed E-state index contributed by atoms with van der Waals surface area (Å²) < 4.78 is 1.94. The predicted molar refractivity (Wildman–Crippen MR) is 75.3 cm³/mol. The molecule has 0 saturated heterocycles. The van der Waals surface area contributed by atoms with Crippen LogP contribution in [0.1, 0.15) is 11.3 Å². The third-order valence-corrected chi connectivity index (χ3v) is 2.97. The van der Waals surface area contributed by atoms with Crippen LogP contribution in [0.15, 0.2) is 58.9 Å². The molecule has 0 fully saturated rings. The summed E-state index contributed by atoms with van der Waals surface area (Å²) in [6, 6.07) is 13.8. The molecule has 3 aromatic rings. The summed E-state index contributed by atoms with van der Waals surface area (Å²) in [5.41, 5.74) is 3.82. The number of aryl methyl sites for hydroxylation is 2. The van der Waals surface area contributed by atoms with E-state index in [1.54, 1.807) is 0 Å². The van der Waals surface area contributed by atoms with E-state index >= 15 is 0 Å². The zero-order chi connectivity index (χ0) is 13.2. The first kappa shape index (κ1) is 11.6. The smallest absolute Gasteiger partial charge is 0.182 e. The zero-order valence-electron chi connectivity index (χ0n) is 10.9. The fourth-order valence-corrected chi connectivity index (χ4v) is 1.94.